The van der Waals surface area contributed by atoms with E-state index in [0.717, 1.165) is 57.5 Å². The Morgan fingerprint density at radius 3 is 2.91 bits per heavy atom. The summed E-state index contributed by atoms with van der Waals surface area (Å²) in [6, 6.07) is 7.21. The number of hydrogen-bond acceptors (Lipinski definition) is 4. The van der Waals surface area contributed by atoms with Crippen LogP contribution >= 0.6 is 0 Å². The highest BCUT2D eigenvalue weighted by molar-refractivity contribution is 5.87. The highest BCUT2D eigenvalue weighted by atomic mass is 16.5. The summed E-state index contributed by atoms with van der Waals surface area (Å²) in [7, 11) is 1.78. The van der Waals surface area contributed by atoms with Gasteiger partial charge in [-0.15, -0.1) is 0 Å². The van der Waals surface area contributed by atoms with Gasteiger partial charge in [0.2, 0.25) is 0 Å². The molecule has 126 valence electrons. The first-order valence-corrected chi connectivity index (χ1v) is 8.34. The molecule has 2 saturated heterocycles. The van der Waals surface area contributed by atoms with Gasteiger partial charge in [0, 0.05) is 33.4 Å². The lowest BCUT2D eigenvalue weighted by Gasteiger charge is -2.48. The predicted molar refractivity (Wildman–Crippen MR) is 86.6 cm³/mol. The van der Waals surface area contributed by atoms with E-state index in [0.29, 0.717) is 5.56 Å². The minimum absolute atomic E-state index is 0.119. The largest absolute Gasteiger partial charge is 0.478 e. The summed E-state index contributed by atoms with van der Waals surface area (Å²) in [4.78, 5) is 13.4. The van der Waals surface area contributed by atoms with E-state index >= 15 is 0 Å². The van der Waals surface area contributed by atoms with Crippen molar-refractivity contribution in [2.24, 2.45) is 0 Å². The highest BCUT2D eigenvalue weighted by Gasteiger charge is 2.44. The zero-order valence-corrected chi connectivity index (χ0v) is 13.7. The van der Waals surface area contributed by atoms with Crippen molar-refractivity contribution in [1.82, 2.24) is 4.90 Å². The van der Waals surface area contributed by atoms with Gasteiger partial charge in [-0.25, -0.2) is 4.79 Å². The molecule has 2 aliphatic rings. The summed E-state index contributed by atoms with van der Waals surface area (Å²) in [5.41, 5.74) is 1.28. The number of carboxylic acids is 1. The maximum atomic E-state index is 11.1. The molecular weight excluding hydrogens is 294 g/mol. The molecule has 1 aromatic carbocycles. The summed E-state index contributed by atoms with van der Waals surface area (Å²) in [5, 5.41) is 9.09. The van der Waals surface area contributed by atoms with Crippen LogP contribution < -0.4 is 0 Å². The molecule has 0 unspecified atom stereocenters. The van der Waals surface area contributed by atoms with Crippen LogP contribution in [0, 0.1) is 0 Å². The molecule has 1 atom stereocenters. The number of ether oxygens (including phenoxy) is 2. The number of likely N-dealkylation sites (tertiary alicyclic amines) is 1. The van der Waals surface area contributed by atoms with Gasteiger partial charge < -0.3 is 14.6 Å². The number of piperidine rings is 1. The first-order valence-electron chi connectivity index (χ1n) is 8.34. The van der Waals surface area contributed by atoms with Crippen molar-refractivity contribution in [2.45, 2.75) is 43.9 Å². The third-order valence-electron chi connectivity index (χ3n) is 5.15. The molecular formula is C18H25NO4. The van der Waals surface area contributed by atoms with E-state index in [1.807, 2.05) is 12.1 Å². The zero-order valence-electron chi connectivity index (χ0n) is 13.7. The fraction of sp³-hybridized carbons (Fsp3) is 0.611. The van der Waals surface area contributed by atoms with Gasteiger partial charge in [-0.3, -0.25) is 4.90 Å². The molecule has 1 N–H and O–H groups in total. The normalized spacial score (nSPS) is 24.7. The van der Waals surface area contributed by atoms with E-state index in [9.17, 15) is 4.79 Å². The van der Waals surface area contributed by atoms with E-state index in [-0.39, 0.29) is 11.7 Å². The van der Waals surface area contributed by atoms with Crippen molar-refractivity contribution in [3.05, 3.63) is 35.4 Å². The second-order valence-corrected chi connectivity index (χ2v) is 6.56. The van der Waals surface area contributed by atoms with Crippen LogP contribution in [0.25, 0.3) is 0 Å². The molecule has 0 radical (unpaired) electrons. The molecule has 0 aliphatic carbocycles. The molecule has 2 fully saturated rings. The van der Waals surface area contributed by atoms with Crippen molar-refractivity contribution in [3.8, 4) is 0 Å². The van der Waals surface area contributed by atoms with E-state index in [4.69, 9.17) is 14.6 Å². The number of hydrogen-bond donors (Lipinski definition) is 1. The molecule has 0 saturated carbocycles. The second kappa shape index (κ2) is 6.99. The van der Waals surface area contributed by atoms with Crippen molar-refractivity contribution in [1.29, 1.82) is 0 Å². The second-order valence-electron chi connectivity index (χ2n) is 6.56. The average molecular weight is 319 g/mol. The van der Waals surface area contributed by atoms with Crippen molar-refractivity contribution < 1.29 is 19.4 Å². The standard InChI is InChI=1S/C18H25NO4/c1-22-16-6-3-11-23-18(16)7-9-19(10-8-18)13-14-4-2-5-15(12-14)17(20)21/h2,4-5,12,16H,3,6-11,13H2,1H3,(H,20,21)/t16-/m1/s1. The van der Waals surface area contributed by atoms with Crippen LogP contribution in [0.2, 0.25) is 0 Å². The molecule has 3 rings (SSSR count). The minimum Gasteiger partial charge on any atom is -0.478 e. The van der Waals surface area contributed by atoms with Gasteiger partial charge >= 0.3 is 5.97 Å². The van der Waals surface area contributed by atoms with Gasteiger partial charge in [0.1, 0.15) is 0 Å². The third-order valence-corrected chi connectivity index (χ3v) is 5.15. The van der Waals surface area contributed by atoms with Gasteiger partial charge in [-0.1, -0.05) is 12.1 Å². The maximum Gasteiger partial charge on any atom is 0.335 e. The molecule has 5 heteroatoms. The molecule has 0 bridgehead atoms. The SMILES string of the molecule is CO[C@@H]1CCCOC12CCN(Cc1cccc(C(=O)O)c1)CC2. The number of nitrogens with zero attached hydrogens (tertiary/aromatic N) is 1. The molecule has 1 aromatic rings. The average Bonchev–Trinajstić information content (AvgIpc) is 2.58. The monoisotopic (exact) mass is 319 g/mol. The van der Waals surface area contributed by atoms with Crippen LogP contribution in [0.4, 0.5) is 0 Å². The summed E-state index contributed by atoms with van der Waals surface area (Å²) in [5.74, 6) is -0.872. The Kier molecular flexibility index (Phi) is 4.99. The summed E-state index contributed by atoms with van der Waals surface area (Å²) in [6.07, 6.45) is 4.31. The molecule has 5 nitrogen and oxygen atoms in total. The first kappa shape index (κ1) is 16.4. The molecule has 1 spiro atoms. The van der Waals surface area contributed by atoms with Gasteiger partial charge in [-0.05, 0) is 43.4 Å². The number of rotatable bonds is 4. The smallest absolute Gasteiger partial charge is 0.335 e. The van der Waals surface area contributed by atoms with Crippen LogP contribution in [0.5, 0.6) is 0 Å². The molecule has 0 aromatic heterocycles. The number of aromatic carboxylic acids is 1. The van der Waals surface area contributed by atoms with Gasteiger partial charge in [0.25, 0.3) is 0 Å². The lowest BCUT2D eigenvalue weighted by molar-refractivity contribution is -0.186. The topological polar surface area (TPSA) is 59.0 Å². The Morgan fingerprint density at radius 1 is 1.43 bits per heavy atom. The summed E-state index contributed by atoms with van der Waals surface area (Å²) < 4.78 is 11.8. The lowest BCUT2D eigenvalue weighted by atomic mass is 9.81. The minimum atomic E-state index is -0.872. The molecule has 23 heavy (non-hydrogen) atoms. The zero-order chi connectivity index (χ0) is 16.3. The Morgan fingerprint density at radius 2 is 2.22 bits per heavy atom. The first-order chi connectivity index (χ1) is 11.1. The van der Waals surface area contributed by atoms with E-state index < -0.39 is 5.97 Å². The fourth-order valence-corrected chi connectivity index (χ4v) is 3.85. The van der Waals surface area contributed by atoms with Gasteiger partial charge in [0.15, 0.2) is 0 Å². The van der Waals surface area contributed by atoms with Crippen LogP contribution in [0.1, 0.15) is 41.6 Å². The van der Waals surface area contributed by atoms with Crippen LogP contribution in [0.3, 0.4) is 0 Å². The lowest BCUT2D eigenvalue weighted by Crippen LogP contribution is -2.55. The summed E-state index contributed by atoms with van der Waals surface area (Å²) >= 11 is 0. The van der Waals surface area contributed by atoms with Crippen LogP contribution in [0.15, 0.2) is 24.3 Å². The number of benzene rings is 1. The Balaban J connectivity index is 1.61. The van der Waals surface area contributed by atoms with E-state index in [2.05, 4.69) is 4.90 Å². The van der Waals surface area contributed by atoms with E-state index in [1.54, 1.807) is 19.2 Å². The predicted octanol–water partition coefficient (Wildman–Crippen LogP) is 2.54. The van der Waals surface area contributed by atoms with Crippen LogP contribution in [-0.2, 0) is 16.0 Å². The van der Waals surface area contributed by atoms with Crippen LogP contribution in [-0.4, -0.2) is 54.5 Å². The Bertz CT molecular complexity index is 552. The van der Waals surface area contributed by atoms with Gasteiger partial charge in [-0.2, -0.15) is 0 Å². The molecule has 2 heterocycles. The summed E-state index contributed by atoms with van der Waals surface area (Å²) in [6.45, 7) is 3.53. The number of methoxy groups -OCH3 is 1. The van der Waals surface area contributed by atoms with Crippen molar-refractivity contribution >= 4 is 5.97 Å². The quantitative estimate of drug-likeness (QED) is 0.924. The van der Waals surface area contributed by atoms with Crippen molar-refractivity contribution in [3.63, 3.8) is 0 Å². The Labute approximate surface area is 137 Å². The molecule has 2 aliphatic heterocycles. The molecule has 0 amide bonds. The highest BCUT2D eigenvalue weighted by Crippen LogP contribution is 2.37. The maximum absolute atomic E-state index is 11.1. The number of carboxylic acid groups (broad SMARTS) is 1. The third kappa shape index (κ3) is 3.57. The van der Waals surface area contributed by atoms with Crippen molar-refractivity contribution in [2.75, 3.05) is 26.8 Å². The fourth-order valence-electron chi connectivity index (χ4n) is 3.85. The van der Waals surface area contributed by atoms with Gasteiger partial charge in [0.05, 0.1) is 17.3 Å². The van der Waals surface area contributed by atoms with E-state index in [1.165, 1.54) is 0 Å². The Hall–Kier alpha value is -1.43. The number of carbonyl (C=O) groups is 1.